The molecule has 5 heteroatoms. The standard InChI is InChI=1S/C13H17NO4/c1-5-18-13(15)9-6-7-11(16-3)12(17-4)10(9)8-14-2/h6-8H,5H2,1-4H3. The smallest absolute Gasteiger partial charge is 0.338 e. The summed E-state index contributed by atoms with van der Waals surface area (Å²) in [5.41, 5.74) is 0.956. The van der Waals surface area contributed by atoms with E-state index in [1.807, 2.05) is 0 Å². The fraction of sp³-hybridized carbons (Fsp3) is 0.385. The number of carbonyl (C=O) groups excluding carboxylic acids is 1. The third-order valence-electron chi connectivity index (χ3n) is 2.34. The number of methoxy groups -OCH3 is 2. The van der Waals surface area contributed by atoms with E-state index in [9.17, 15) is 4.79 Å². The number of esters is 1. The van der Waals surface area contributed by atoms with Gasteiger partial charge in [0.25, 0.3) is 0 Å². The molecule has 0 aliphatic carbocycles. The van der Waals surface area contributed by atoms with Crippen LogP contribution in [0.3, 0.4) is 0 Å². The number of rotatable bonds is 5. The van der Waals surface area contributed by atoms with Gasteiger partial charge < -0.3 is 14.2 Å². The molecule has 0 N–H and O–H groups in total. The average molecular weight is 251 g/mol. The number of ether oxygens (including phenoxy) is 3. The highest BCUT2D eigenvalue weighted by Crippen LogP contribution is 2.32. The predicted molar refractivity (Wildman–Crippen MR) is 69.0 cm³/mol. The van der Waals surface area contributed by atoms with Gasteiger partial charge in [0, 0.05) is 13.3 Å². The minimum Gasteiger partial charge on any atom is -0.493 e. The van der Waals surface area contributed by atoms with E-state index >= 15 is 0 Å². The van der Waals surface area contributed by atoms with Crippen LogP contribution >= 0.6 is 0 Å². The molecule has 0 radical (unpaired) electrons. The highest BCUT2D eigenvalue weighted by atomic mass is 16.5. The van der Waals surface area contributed by atoms with Crippen molar-refractivity contribution in [1.82, 2.24) is 0 Å². The molecule has 0 bridgehead atoms. The van der Waals surface area contributed by atoms with E-state index in [4.69, 9.17) is 14.2 Å². The molecule has 0 aromatic heterocycles. The van der Waals surface area contributed by atoms with Gasteiger partial charge in [-0.2, -0.15) is 0 Å². The van der Waals surface area contributed by atoms with Crippen LogP contribution in [0.5, 0.6) is 11.5 Å². The van der Waals surface area contributed by atoms with E-state index in [-0.39, 0.29) is 0 Å². The minimum absolute atomic E-state index is 0.315. The lowest BCUT2D eigenvalue weighted by Crippen LogP contribution is -2.10. The fourth-order valence-corrected chi connectivity index (χ4v) is 1.59. The summed E-state index contributed by atoms with van der Waals surface area (Å²) in [7, 11) is 4.67. The number of hydrogen-bond donors (Lipinski definition) is 0. The first kappa shape index (κ1) is 14.0. The summed E-state index contributed by atoms with van der Waals surface area (Å²) in [5, 5.41) is 0. The molecule has 0 aliphatic heterocycles. The van der Waals surface area contributed by atoms with Crippen LogP contribution in [0.4, 0.5) is 0 Å². The van der Waals surface area contributed by atoms with Crippen LogP contribution in [0.25, 0.3) is 0 Å². The Morgan fingerprint density at radius 2 is 2.06 bits per heavy atom. The minimum atomic E-state index is -0.409. The van der Waals surface area contributed by atoms with Gasteiger partial charge in [-0.1, -0.05) is 0 Å². The molecule has 0 unspecified atom stereocenters. The van der Waals surface area contributed by atoms with E-state index in [2.05, 4.69) is 4.99 Å². The quantitative estimate of drug-likeness (QED) is 0.592. The Morgan fingerprint density at radius 1 is 1.33 bits per heavy atom. The van der Waals surface area contributed by atoms with Crippen LogP contribution in [0, 0.1) is 0 Å². The highest BCUT2D eigenvalue weighted by Gasteiger charge is 2.18. The van der Waals surface area contributed by atoms with Gasteiger partial charge in [-0.15, -0.1) is 0 Å². The molecule has 1 aromatic carbocycles. The molecule has 0 fully saturated rings. The van der Waals surface area contributed by atoms with E-state index in [1.165, 1.54) is 14.2 Å². The summed E-state index contributed by atoms with van der Waals surface area (Å²) < 4.78 is 15.4. The predicted octanol–water partition coefficient (Wildman–Crippen LogP) is 1.93. The summed E-state index contributed by atoms with van der Waals surface area (Å²) in [6.07, 6.45) is 1.55. The highest BCUT2D eigenvalue weighted by molar-refractivity contribution is 6.02. The van der Waals surface area contributed by atoms with E-state index in [0.29, 0.717) is 29.2 Å². The van der Waals surface area contributed by atoms with Crippen LogP contribution in [0.15, 0.2) is 17.1 Å². The van der Waals surface area contributed by atoms with Crippen LogP contribution in [-0.4, -0.2) is 40.1 Å². The van der Waals surface area contributed by atoms with Crippen LogP contribution in [-0.2, 0) is 4.74 Å². The molecular weight excluding hydrogens is 234 g/mol. The van der Waals surface area contributed by atoms with Crippen molar-refractivity contribution in [2.24, 2.45) is 4.99 Å². The van der Waals surface area contributed by atoms with Gasteiger partial charge in [0.15, 0.2) is 11.5 Å². The third kappa shape index (κ3) is 2.80. The van der Waals surface area contributed by atoms with Gasteiger partial charge in [-0.25, -0.2) is 4.79 Å². The Kier molecular flexibility index (Phi) is 5.17. The number of benzene rings is 1. The van der Waals surface area contributed by atoms with Crippen LogP contribution in [0.1, 0.15) is 22.8 Å². The van der Waals surface area contributed by atoms with E-state index < -0.39 is 5.97 Å². The van der Waals surface area contributed by atoms with E-state index in [0.717, 1.165) is 0 Å². The monoisotopic (exact) mass is 251 g/mol. The molecule has 5 nitrogen and oxygen atoms in total. The molecule has 0 saturated heterocycles. The van der Waals surface area contributed by atoms with E-state index in [1.54, 1.807) is 32.3 Å². The average Bonchev–Trinajstić information content (AvgIpc) is 2.38. The molecule has 0 aliphatic rings. The lowest BCUT2D eigenvalue weighted by atomic mass is 10.1. The molecule has 1 rings (SSSR count). The zero-order valence-electron chi connectivity index (χ0n) is 11.0. The van der Waals surface area contributed by atoms with Crippen LogP contribution < -0.4 is 9.47 Å². The van der Waals surface area contributed by atoms with Gasteiger partial charge in [0.1, 0.15) is 0 Å². The zero-order valence-corrected chi connectivity index (χ0v) is 11.0. The molecule has 0 amide bonds. The van der Waals surface area contributed by atoms with Crippen molar-refractivity contribution in [3.63, 3.8) is 0 Å². The van der Waals surface area contributed by atoms with Crippen LogP contribution in [0.2, 0.25) is 0 Å². The summed E-state index contributed by atoms with van der Waals surface area (Å²) in [6.45, 7) is 2.07. The second-order valence-electron chi connectivity index (χ2n) is 3.37. The third-order valence-corrected chi connectivity index (χ3v) is 2.34. The lowest BCUT2D eigenvalue weighted by Gasteiger charge is -2.13. The Bertz CT molecular complexity index is 455. The molecule has 98 valence electrons. The molecule has 0 saturated carbocycles. The summed E-state index contributed by atoms with van der Waals surface area (Å²) in [5.74, 6) is 0.599. The summed E-state index contributed by atoms with van der Waals surface area (Å²) in [4.78, 5) is 15.8. The first-order chi connectivity index (χ1) is 8.69. The largest absolute Gasteiger partial charge is 0.493 e. The number of hydrogen-bond acceptors (Lipinski definition) is 5. The van der Waals surface area contributed by atoms with Gasteiger partial charge >= 0.3 is 5.97 Å². The SMILES string of the molecule is CCOC(=O)c1ccc(OC)c(OC)c1C=NC. The Hall–Kier alpha value is -2.04. The van der Waals surface area contributed by atoms with Gasteiger partial charge in [0.05, 0.1) is 32.0 Å². The number of nitrogens with zero attached hydrogens (tertiary/aromatic N) is 1. The molecule has 0 spiro atoms. The summed E-state index contributed by atoms with van der Waals surface area (Å²) >= 11 is 0. The maximum Gasteiger partial charge on any atom is 0.338 e. The van der Waals surface area contributed by atoms with Gasteiger partial charge in [-0.05, 0) is 19.1 Å². The van der Waals surface area contributed by atoms with Crippen molar-refractivity contribution < 1.29 is 19.0 Å². The maximum absolute atomic E-state index is 11.8. The molecule has 0 heterocycles. The number of carbonyl (C=O) groups is 1. The van der Waals surface area contributed by atoms with Crippen molar-refractivity contribution in [2.75, 3.05) is 27.9 Å². The molecule has 0 atom stereocenters. The molecular formula is C13H17NO4. The van der Waals surface area contributed by atoms with Crippen molar-refractivity contribution in [2.45, 2.75) is 6.92 Å². The normalized spacial score (nSPS) is 10.4. The summed E-state index contributed by atoms with van der Waals surface area (Å²) in [6, 6.07) is 3.30. The number of aliphatic imine (C=N–C) groups is 1. The van der Waals surface area contributed by atoms with Crippen molar-refractivity contribution in [1.29, 1.82) is 0 Å². The Balaban J connectivity index is 3.38. The van der Waals surface area contributed by atoms with Gasteiger partial charge in [0.2, 0.25) is 0 Å². The fourth-order valence-electron chi connectivity index (χ4n) is 1.59. The van der Waals surface area contributed by atoms with Crippen molar-refractivity contribution in [3.8, 4) is 11.5 Å². The van der Waals surface area contributed by atoms with Crippen molar-refractivity contribution >= 4 is 12.2 Å². The van der Waals surface area contributed by atoms with Gasteiger partial charge in [-0.3, -0.25) is 4.99 Å². The first-order valence-corrected chi connectivity index (χ1v) is 5.53. The maximum atomic E-state index is 11.8. The topological polar surface area (TPSA) is 57.1 Å². The molecule has 18 heavy (non-hydrogen) atoms. The zero-order chi connectivity index (χ0) is 13.5. The van der Waals surface area contributed by atoms with Crippen molar-refractivity contribution in [3.05, 3.63) is 23.3 Å². The molecule has 1 aromatic rings. The lowest BCUT2D eigenvalue weighted by molar-refractivity contribution is 0.0526. The second kappa shape index (κ2) is 6.64. The first-order valence-electron chi connectivity index (χ1n) is 5.53. The second-order valence-corrected chi connectivity index (χ2v) is 3.37. The Labute approximate surface area is 106 Å². The Morgan fingerprint density at radius 3 is 2.56 bits per heavy atom.